The highest BCUT2D eigenvalue weighted by molar-refractivity contribution is 9.10. The molecule has 5 heteroatoms. The number of halogens is 2. The third-order valence-electron chi connectivity index (χ3n) is 3.27. The van der Waals surface area contributed by atoms with Crippen LogP contribution in [0.15, 0.2) is 46.9 Å². The maximum atomic E-state index is 12.2. The van der Waals surface area contributed by atoms with E-state index in [0.29, 0.717) is 18.1 Å². The van der Waals surface area contributed by atoms with E-state index in [1.807, 2.05) is 6.07 Å². The zero-order valence-corrected chi connectivity index (χ0v) is 12.9. The van der Waals surface area contributed by atoms with Crippen molar-refractivity contribution >= 4 is 39.2 Å². The van der Waals surface area contributed by atoms with Crippen LogP contribution < -0.4 is 5.32 Å². The number of nitrogens with zero attached hydrogens (tertiary/aromatic N) is 1. The number of benzene rings is 2. The molecule has 0 fully saturated rings. The molecular weight excluding hydrogens is 340 g/mol. The number of carbonyl (C=O) groups is 1. The van der Waals surface area contributed by atoms with Gasteiger partial charge in [0.25, 0.3) is 0 Å². The van der Waals surface area contributed by atoms with Crippen molar-refractivity contribution in [2.24, 2.45) is 0 Å². The van der Waals surface area contributed by atoms with Crippen molar-refractivity contribution in [2.75, 3.05) is 5.32 Å². The van der Waals surface area contributed by atoms with Gasteiger partial charge in [0.05, 0.1) is 0 Å². The predicted octanol–water partition coefficient (Wildman–Crippen LogP) is 4.65. The average Bonchev–Trinajstić information content (AvgIpc) is 2.84. The minimum absolute atomic E-state index is 0.0976. The molecule has 3 nitrogen and oxygen atoms in total. The van der Waals surface area contributed by atoms with Gasteiger partial charge in [-0.25, -0.2) is 4.79 Å². The van der Waals surface area contributed by atoms with Gasteiger partial charge in [-0.15, -0.1) is 0 Å². The van der Waals surface area contributed by atoms with Gasteiger partial charge >= 0.3 is 6.03 Å². The lowest BCUT2D eigenvalue weighted by Gasteiger charge is -2.16. The van der Waals surface area contributed by atoms with E-state index in [1.54, 1.807) is 29.2 Å². The smallest absolute Gasteiger partial charge is 0.316 e. The minimum atomic E-state index is -0.0976. The van der Waals surface area contributed by atoms with Gasteiger partial charge in [0, 0.05) is 28.3 Å². The molecule has 2 amide bonds. The fourth-order valence-corrected chi connectivity index (χ4v) is 2.78. The molecule has 2 aromatic carbocycles. The number of anilines is 1. The Morgan fingerprint density at radius 3 is 2.55 bits per heavy atom. The lowest BCUT2D eigenvalue weighted by atomic mass is 10.1. The number of urea groups is 1. The number of rotatable bonds is 1. The third kappa shape index (κ3) is 2.81. The molecule has 0 unspecified atom stereocenters. The van der Waals surface area contributed by atoms with Crippen LogP contribution in [0.1, 0.15) is 11.1 Å². The lowest BCUT2D eigenvalue weighted by Crippen LogP contribution is -2.30. The van der Waals surface area contributed by atoms with Crippen LogP contribution in [-0.2, 0) is 13.1 Å². The van der Waals surface area contributed by atoms with Crippen LogP contribution in [0, 0.1) is 0 Å². The van der Waals surface area contributed by atoms with Crippen LogP contribution >= 0.6 is 27.5 Å². The number of hydrogen-bond donors (Lipinski definition) is 1. The standard InChI is InChI=1S/C15H12BrClN2O/c16-12-2-1-10-8-19(9-11(10)7-12)15(20)18-14-5-3-13(17)4-6-14/h1-7H,8-9H2,(H,18,20). The summed E-state index contributed by atoms with van der Waals surface area (Å²) in [5.74, 6) is 0. The highest BCUT2D eigenvalue weighted by Gasteiger charge is 2.23. The second-order valence-corrected chi connectivity index (χ2v) is 6.06. The van der Waals surface area contributed by atoms with Gasteiger partial charge < -0.3 is 10.2 Å². The Hall–Kier alpha value is -1.52. The first-order valence-electron chi connectivity index (χ1n) is 6.20. The molecule has 0 aromatic heterocycles. The number of hydrogen-bond acceptors (Lipinski definition) is 1. The van der Waals surface area contributed by atoms with Crippen molar-refractivity contribution in [1.82, 2.24) is 4.90 Å². The molecule has 0 aliphatic carbocycles. The van der Waals surface area contributed by atoms with Crippen LogP contribution in [0.25, 0.3) is 0 Å². The summed E-state index contributed by atoms with van der Waals surface area (Å²) in [6.07, 6.45) is 0. The van der Waals surface area contributed by atoms with Crippen LogP contribution in [0.5, 0.6) is 0 Å². The zero-order valence-electron chi connectivity index (χ0n) is 10.6. The van der Waals surface area contributed by atoms with E-state index in [0.717, 1.165) is 10.2 Å². The van der Waals surface area contributed by atoms with Gasteiger partial charge in [0.2, 0.25) is 0 Å². The molecule has 0 saturated carbocycles. The Morgan fingerprint density at radius 1 is 1.10 bits per heavy atom. The van der Waals surface area contributed by atoms with E-state index in [4.69, 9.17) is 11.6 Å². The Labute approximate surface area is 130 Å². The summed E-state index contributed by atoms with van der Waals surface area (Å²) in [4.78, 5) is 14.0. The highest BCUT2D eigenvalue weighted by atomic mass is 79.9. The van der Waals surface area contributed by atoms with Crippen LogP contribution in [0.2, 0.25) is 5.02 Å². The Morgan fingerprint density at radius 2 is 1.80 bits per heavy atom. The van der Waals surface area contributed by atoms with Crippen molar-refractivity contribution < 1.29 is 4.79 Å². The third-order valence-corrected chi connectivity index (χ3v) is 4.02. The van der Waals surface area contributed by atoms with Crippen LogP contribution in [0.3, 0.4) is 0 Å². The van der Waals surface area contributed by atoms with E-state index in [2.05, 4.69) is 33.4 Å². The van der Waals surface area contributed by atoms with Gasteiger partial charge in [0.1, 0.15) is 0 Å². The topological polar surface area (TPSA) is 32.3 Å². The first-order valence-corrected chi connectivity index (χ1v) is 7.38. The van der Waals surface area contributed by atoms with Crippen molar-refractivity contribution in [3.05, 3.63) is 63.1 Å². The minimum Gasteiger partial charge on any atom is -0.316 e. The number of nitrogens with one attached hydrogen (secondary N) is 1. The Kier molecular flexibility index (Phi) is 3.68. The first-order chi connectivity index (χ1) is 9.61. The molecule has 1 aliphatic rings. The summed E-state index contributed by atoms with van der Waals surface area (Å²) in [6.45, 7) is 1.27. The van der Waals surface area contributed by atoms with Crippen LogP contribution in [0.4, 0.5) is 10.5 Å². The molecule has 0 saturated heterocycles. The summed E-state index contributed by atoms with van der Waals surface area (Å²) < 4.78 is 1.04. The fourth-order valence-electron chi connectivity index (χ4n) is 2.24. The maximum Gasteiger partial charge on any atom is 0.322 e. The molecule has 1 aliphatic heterocycles. The molecular formula is C15H12BrClN2O. The predicted molar refractivity (Wildman–Crippen MR) is 83.9 cm³/mol. The SMILES string of the molecule is O=C(Nc1ccc(Cl)cc1)N1Cc2ccc(Br)cc2C1. The summed E-state index contributed by atoms with van der Waals surface area (Å²) in [7, 11) is 0. The van der Waals surface area contributed by atoms with Gasteiger partial charge in [-0.3, -0.25) is 0 Å². The molecule has 0 bridgehead atoms. The van der Waals surface area contributed by atoms with Crippen LogP contribution in [-0.4, -0.2) is 10.9 Å². The maximum absolute atomic E-state index is 12.2. The summed E-state index contributed by atoms with van der Waals surface area (Å²) in [5.41, 5.74) is 3.13. The summed E-state index contributed by atoms with van der Waals surface area (Å²) >= 11 is 9.27. The van der Waals surface area contributed by atoms with E-state index < -0.39 is 0 Å². The van der Waals surface area contributed by atoms with Crippen molar-refractivity contribution in [3.8, 4) is 0 Å². The highest BCUT2D eigenvalue weighted by Crippen LogP contribution is 2.26. The monoisotopic (exact) mass is 350 g/mol. The number of fused-ring (bicyclic) bond motifs is 1. The molecule has 20 heavy (non-hydrogen) atoms. The largest absolute Gasteiger partial charge is 0.322 e. The van der Waals surface area contributed by atoms with E-state index >= 15 is 0 Å². The molecule has 0 atom stereocenters. The van der Waals surface area contributed by atoms with E-state index in [9.17, 15) is 4.79 Å². The normalized spacial score (nSPS) is 13.2. The van der Waals surface area contributed by atoms with Gasteiger partial charge in [-0.1, -0.05) is 33.6 Å². The molecule has 1 heterocycles. The quantitative estimate of drug-likeness (QED) is 0.797. The van der Waals surface area contributed by atoms with E-state index in [1.165, 1.54) is 11.1 Å². The molecule has 102 valence electrons. The van der Waals surface area contributed by atoms with E-state index in [-0.39, 0.29) is 6.03 Å². The second-order valence-electron chi connectivity index (χ2n) is 4.71. The Bertz CT molecular complexity index is 657. The van der Waals surface area contributed by atoms with Gasteiger partial charge in [-0.2, -0.15) is 0 Å². The average molecular weight is 352 g/mol. The van der Waals surface area contributed by atoms with Crippen molar-refractivity contribution in [1.29, 1.82) is 0 Å². The number of amides is 2. The molecule has 3 rings (SSSR count). The summed E-state index contributed by atoms with van der Waals surface area (Å²) in [6, 6.07) is 13.1. The molecule has 0 radical (unpaired) electrons. The fraction of sp³-hybridized carbons (Fsp3) is 0.133. The lowest BCUT2D eigenvalue weighted by molar-refractivity contribution is 0.212. The Balaban J connectivity index is 1.69. The summed E-state index contributed by atoms with van der Waals surface area (Å²) in [5, 5.41) is 3.53. The van der Waals surface area contributed by atoms with Crippen molar-refractivity contribution in [3.63, 3.8) is 0 Å². The van der Waals surface area contributed by atoms with Gasteiger partial charge in [0.15, 0.2) is 0 Å². The zero-order chi connectivity index (χ0) is 14.1. The van der Waals surface area contributed by atoms with Crippen molar-refractivity contribution in [2.45, 2.75) is 13.1 Å². The molecule has 1 N–H and O–H groups in total. The van der Waals surface area contributed by atoms with Gasteiger partial charge in [-0.05, 0) is 47.5 Å². The first kappa shape index (κ1) is 13.5. The second kappa shape index (κ2) is 5.46. The number of carbonyl (C=O) groups excluding carboxylic acids is 1. The molecule has 2 aromatic rings. The molecule has 0 spiro atoms.